The van der Waals surface area contributed by atoms with Crippen molar-refractivity contribution in [1.29, 1.82) is 0 Å². The Labute approximate surface area is 704 Å². The van der Waals surface area contributed by atoms with Gasteiger partial charge in [0, 0.05) is 78.3 Å². The van der Waals surface area contributed by atoms with Gasteiger partial charge in [-0.05, 0) is 288 Å². The van der Waals surface area contributed by atoms with Gasteiger partial charge in [-0.2, -0.15) is 0 Å². The summed E-state index contributed by atoms with van der Waals surface area (Å²) >= 11 is 18.6. The van der Waals surface area contributed by atoms with Gasteiger partial charge in [0.15, 0.2) is 0 Å². The average molecular weight is 1690 g/mol. The minimum atomic E-state index is -0.467. The van der Waals surface area contributed by atoms with Crippen molar-refractivity contribution in [2.24, 2.45) is 11.8 Å². The van der Waals surface area contributed by atoms with Gasteiger partial charge in [-0.15, -0.1) is 56.9 Å². The van der Waals surface area contributed by atoms with Crippen molar-refractivity contribution in [3.05, 3.63) is 72.2 Å². The first-order chi connectivity index (χ1) is 55.4. The summed E-state index contributed by atoms with van der Waals surface area (Å²) in [4.78, 5) is 99.7. The summed E-state index contributed by atoms with van der Waals surface area (Å²) in [6.07, 6.45) is 44.8. The van der Waals surface area contributed by atoms with E-state index in [4.69, 9.17) is 46.9 Å². The Hall–Kier alpha value is -6.42. The summed E-state index contributed by atoms with van der Waals surface area (Å²) in [6, 6.07) is 0.406. The molecule has 626 valence electrons. The number of aromatic nitrogens is 8. The summed E-state index contributed by atoms with van der Waals surface area (Å²) in [5.74, 6) is 4.55. The first kappa shape index (κ1) is 86.4. The van der Waals surface area contributed by atoms with E-state index in [9.17, 15) is 24.3 Å². The number of halogens is 2. The molecule has 8 aromatic rings. The highest BCUT2D eigenvalue weighted by molar-refractivity contribution is 7.20. The Morgan fingerprint density at radius 2 is 0.774 bits per heavy atom. The number of amides is 4. The minimum Gasteiger partial charge on any atom is -0.474 e. The molecule has 4 saturated carbocycles. The number of hydrogen-bond donors (Lipinski definition) is 1. The van der Waals surface area contributed by atoms with Crippen LogP contribution in [0.3, 0.4) is 0 Å². The molecule has 2 aliphatic heterocycles. The number of aliphatic hydroxyl groups is 1. The number of hydrogen-bond acceptors (Lipinski definition) is 22. The van der Waals surface area contributed by atoms with E-state index >= 15 is 0 Å². The SMILES string of the molecule is CCC1CCC(Oc2ncnc3sc4c(c23)CCC4)CC1.CN(C(=O)OC(C)(C)C)C1CCC(O)CC1.CN(C(=O)OC(C)(C)C)C1CCC(Oc2ncnc3sc4c(c23)CCC4)CC1.Clc1ncnc2sc3c(c12)CCC3.O=C(CCC1CCC(Oc2ncnc3sc4c(c23)CCC4)CC1)N1CCCC1.O=C(CCl)N1CCCC1. The molecule has 10 aliphatic rings. The van der Waals surface area contributed by atoms with Crippen molar-refractivity contribution < 1.29 is 48.0 Å². The van der Waals surface area contributed by atoms with Crippen LogP contribution in [0.2, 0.25) is 5.15 Å². The lowest BCUT2D eigenvalue weighted by atomic mass is 9.84. The summed E-state index contributed by atoms with van der Waals surface area (Å²) in [6.45, 7) is 17.3. The second-order valence-corrected chi connectivity index (χ2v) is 39.8. The molecule has 28 heteroatoms. The number of alkyl halides is 1. The lowest BCUT2D eigenvalue weighted by Gasteiger charge is -2.35. The first-order valence-electron chi connectivity index (χ1n) is 42.8. The number of ether oxygens (including phenoxy) is 5. The highest BCUT2D eigenvalue weighted by Gasteiger charge is 2.35. The van der Waals surface area contributed by atoms with Crippen LogP contribution in [0.25, 0.3) is 40.9 Å². The van der Waals surface area contributed by atoms with E-state index in [-0.39, 0.29) is 54.4 Å². The molecule has 0 aromatic carbocycles. The fraction of sp³-hybridized carbons (Fsp3) is 0.678. The van der Waals surface area contributed by atoms with E-state index < -0.39 is 11.2 Å². The molecule has 2 saturated heterocycles. The molecule has 18 rings (SSSR count). The van der Waals surface area contributed by atoms with Crippen molar-refractivity contribution in [2.45, 2.75) is 321 Å². The maximum atomic E-state index is 12.3. The Balaban J connectivity index is 0.000000125. The monoisotopic (exact) mass is 1690 g/mol. The van der Waals surface area contributed by atoms with Crippen LogP contribution in [-0.2, 0) is 70.4 Å². The van der Waals surface area contributed by atoms with E-state index in [2.05, 4.69) is 51.7 Å². The molecular formula is C87H120Cl2N12O10S4. The molecule has 115 heavy (non-hydrogen) atoms. The lowest BCUT2D eigenvalue weighted by Crippen LogP contribution is -2.43. The third-order valence-corrected chi connectivity index (χ3v) is 29.7. The van der Waals surface area contributed by atoms with Crippen molar-refractivity contribution in [3.8, 4) is 17.6 Å². The number of aliphatic hydroxyl groups excluding tert-OH is 1. The first-order valence-corrected chi connectivity index (χ1v) is 47.0. The van der Waals surface area contributed by atoms with Crippen LogP contribution in [0, 0.1) is 11.8 Å². The zero-order chi connectivity index (χ0) is 80.9. The Bertz CT molecular complexity index is 4570. The standard InChI is InChI=1S/C22H29N3O2S.C21H29N3O3S.C17H22N2OS.C12H23NO3.C9H7ClN2S.C6H10ClNO/c26-19(25-12-1-2-13-25)11-8-15-6-9-16(10-7-15)27-21-20-17-4-3-5-18(17)28-22(20)24-14-23-21;1-21(2,3)27-20(25)24(4)13-8-10-14(11-9-13)26-18-17-15-6-5-7-16(15)28-19(17)23-12-22-18;1-2-11-6-8-12(9-7-11)20-16-15-13-4-3-5-14(13)21-17(15)19-10-18-16;1-12(2,3)16-11(15)13(4)9-5-7-10(14)8-6-9;10-8-7-5-2-1-3-6(5)13-9(7)12-4-11-8;7-5-6(9)8-3-1-2-4-8/h14-16H,1-13H2;12-14H,5-11H2,1-4H3;10-12H,2-9H2,1H3;9-10,14H,5-8H2,1-4H3;4H,1-3H2;1-5H2. The zero-order valence-electron chi connectivity index (χ0n) is 69.1. The molecule has 0 atom stereocenters. The van der Waals surface area contributed by atoms with Gasteiger partial charge >= 0.3 is 12.2 Å². The highest BCUT2D eigenvalue weighted by atomic mass is 35.5. The fourth-order valence-corrected chi connectivity index (χ4v) is 23.4. The van der Waals surface area contributed by atoms with Crippen LogP contribution in [0.5, 0.6) is 17.6 Å². The maximum Gasteiger partial charge on any atom is 0.410 e. The molecule has 10 heterocycles. The van der Waals surface area contributed by atoms with Gasteiger partial charge in [-0.25, -0.2) is 49.5 Å². The van der Waals surface area contributed by atoms with Crippen LogP contribution in [-0.4, -0.2) is 182 Å². The predicted molar refractivity (Wildman–Crippen MR) is 460 cm³/mol. The van der Waals surface area contributed by atoms with Gasteiger partial charge in [-0.1, -0.05) is 24.9 Å². The molecule has 0 bridgehead atoms. The molecule has 22 nitrogen and oxygen atoms in total. The smallest absolute Gasteiger partial charge is 0.410 e. The van der Waals surface area contributed by atoms with Crippen LogP contribution >= 0.6 is 68.5 Å². The number of carbonyl (C=O) groups is 4. The quantitative estimate of drug-likeness (QED) is 0.0832. The van der Waals surface area contributed by atoms with Gasteiger partial charge in [0.1, 0.15) is 85.2 Å². The molecule has 6 fully saturated rings. The van der Waals surface area contributed by atoms with Crippen molar-refractivity contribution in [2.75, 3.05) is 46.2 Å². The highest BCUT2D eigenvalue weighted by Crippen LogP contribution is 2.46. The number of thiophene rings is 4. The molecule has 0 unspecified atom stereocenters. The van der Waals surface area contributed by atoms with E-state index in [1.165, 1.54) is 155 Å². The van der Waals surface area contributed by atoms with Crippen molar-refractivity contribution in [3.63, 3.8) is 0 Å². The third kappa shape index (κ3) is 22.6. The number of carbonyl (C=O) groups excluding carboxylic acids is 4. The normalized spacial score (nSPS) is 22.8. The van der Waals surface area contributed by atoms with Crippen LogP contribution in [0.15, 0.2) is 25.3 Å². The molecule has 1 N–H and O–H groups in total. The summed E-state index contributed by atoms with van der Waals surface area (Å²) < 4.78 is 29.8. The molecule has 0 radical (unpaired) electrons. The lowest BCUT2D eigenvalue weighted by molar-refractivity contribution is -0.130. The summed E-state index contributed by atoms with van der Waals surface area (Å²) in [7, 11) is 3.61. The second kappa shape index (κ2) is 40.1. The Morgan fingerprint density at radius 3 is 1.14 bits per heavy atom. The number of aryl methyl sites for hydroxylation is 8. The van der Waals surface area contributed by atoms with Gasteiger partial charge in [-0.3, -0.25) is 9.59 Å². The van der Waals surface area contributed by atoms with Gasteiger partial charge in [0.25, 0.3) is 0 Å². The molecule has 8 aliphatic carbocycles. The fourth-order valence-electron chi connectivity index (χ4n) is 18.0. The number of fused-ring (bicyclic) bond motifs is 12. The topological polar surface area (TPSA) is 251 Å². The molecule has 0 spiro atoms. The van der Waals surface area contributed by atoms with Crippen LogP contribution < -0.4 is 14.2 Å². The molecule has 8 aromatic heterocycles. The van der Waals surface area contributed by atoms with E-state index in [0.29, 0.717) is 23.1 Å². The van der Waals surface area contributed by atoms with Gasteiger partial charge in [0.2, 0.25) is 29.5 Å². The van der Waals surface area contributed by atoms with Crippen molar-refractivity contribution >= 4 is 133 Å². The summed E-state index contributed by atoms with van der Waals surface area (Å²) in [5.41, 5.74) is 4.78. The van der Waals surface area contributed by atoms with Crippen LogP contribution in [0.4, 0.5) is 9.59 Å². The second-order valence-electron chi connectivity index (χ2n) is 34.8. The number of nitrogens with zero attached hydrogens (tertiary/aromatic N) is 12. The van der Waals surface area contributed by atoms with Crippen molar-refractivity contribution in [1.82, 2.24) is 59.5 Å². The Morgan fingerprint density at radius 1 is 0.443 bits per heavy atom. The van der Waals surface area contributed by atoms with E-state index in [0.717, 1.165) is 208 Å². The number of likely N-dealkylation sites (tertiary alicyclic amines) is 2. The van der Waals surface area contributed by atoms with Gasteiger partial charge in [0.05, 0.1) is 27.6 Å². The third-order valence-electron chi connectivity index (χ3n) is 24.4. The summed E-state index contributed by atoms with van der Waals surface area (Å²) in [5, 5.41) is 14.6. The maximum absolute atomic E-state index is 12.3. The average Bonchev–Trinajstić information content (AvgIpc) is 1.77. The molecule has 4 amide bonds. The van der Waals surface area contributed by atoms with E-state index in [1.807, 2.05) is 76.2 Å². The predicted octanol–water partition coefficient (Wildman–Crippen LogP) is 19.6. The largest absolute Gasteiger partial charge is 0.474 e. The zero-order valence-corrected chi connectivity index (χ0v) is 73.9. The minimum absolute atomic E-state index is 0.0779. The van der Waals surface area contributed by atoms with Crippen LogP contribution in [0.1, 0.15) is 264 Å². The Kier molecular flexibility index (Phi) is 30.1. The van der Waals surface area contributed by atoms with Gasteiger partial charge < -0.3 is 48.4 Å². The van der Waals surface area contributed by atoms with E-state index in [1.54, 1.807) is 58.5 Å². The molecular weight excluding hydrogens is 1570 g/mol. The number of rotatable bonds is 13.